The molecule has 1 aromatic rings. The normalized spacial score (nSPS) is 17.5. The summed E-state index contributed by atoms with van der Waals surface area (Å²) in [5.41, 5.74) is 2.63. The third kappa shape index (κ3) is 5.81. The number of hydrogen-bond acceptors (Lipinski definition) is 3. The third-order valence-corrected chi connectivity index (χ3v) is 5.68. The molecule has 1 saturated heterocycles. The van der Waals surface area contributed by atoms with Gasteiger partial charge in [-0.05, 0) is 29.7 Å². The highest BCUT2D eigenvalue weighted by Crippen LogP contribution is 2.21. The lowest BCUT2D eigenvalue weighted by Crippen LogP contribution is -2.37. The van der Waals surface area contributed by atoms with Crippen molar-refractivity contribution in [1.82, 2.24) is 10.2 Å². The van der Waals surface area contributed by atoms with Crippen molar-refractivity contribution in [2.45, 2.75) is 26.9 Å². The average molecular weight is 373 g/mol. The smallest absolute Gasteiger partial charge is 0.0363 e. The SMILES string of the molecule is CC(C)CNCc1ccc(CN2CCS(=O)CC2)c(Br)c1. The van der Waals surface area contributed by atoms with E-state index in [1.165, 1.54) is 15.6 Å². The highest BCUT2D eigenvalue weighted by Gasteiger charge is 2.16. The maximum Gasteiger partial charge on any atom is 0.0363 e. The molecule has 0 amide bonds. The van der Waals surface area contributed by atoms with Crippen molar-refractivity contribution >= 4 is 26.7 Å². The molecule has 3 nitrogen and oxygen atoms in total. The summed E-state index contributed by atoms with van der Waals surface area (Å²) in [4.78, 5) is 2.39. The topological polar surface area (TPSA) is 32.3 Å². The van der Waals surface area contributed by atoms with Gasteiger partial charge in [0.2, 0.25) is 0 Å². The summed E-state index contributed by atoms with van der Waals surface area (Å²) in [6.07, 6.45) is 0. The summed E-state index contributed by atoms with van der Waals surface area (Å²) < 4.78 is 12.6. The van der Waals surface area contributed by atoms with E-state index in [2.05, 4.69) is 58.2 Å². The molecule has 5 heteroatoms. The molecule has 1 aromatic carbocycles. The number of benzene rings is 1. The van der Waals surface area contributed by atoms with Crippen molar-refractivity contribution < 1.29 is 4.21 Å². The standard InChI is InChI=1S/C16H25BrN2OS/c1-13(2)10-18-11-14-3-4-15(16(17)9-14)12-19-5-7-21(20)8-6-19/h3-4,9,13,18H,5-8,10-12H2,1-2H3. The molecule has 0 spiro atoms. The van der Waals surface area contributed by atoms with Gasteiger partial charge in [0.1, 0.15) is 0 Å². The minimum Gasteiger partial charge on any atom is -0.312 e. The van der Waals surface area contributed by atoms with E-state index in [0.29, 0.717) is 5.92 Å². The zero-order valence-corrected chi connectivity index (χ0v) is 15.3. The predicted octanol–water partition coefficient (Wildman–Crippen LogP) is 2.76. The molecule has 1 heterocycles. The molecule has 1 fully saturated rings. The summed E-state index contributed by atoms with van der Waals surface area (Å²) in [6.45, 7) is 9.23. The molecular weight excluding hydrogens is 348 g/mol. The molecule has 0 atom stereocenters. The Kier molecular flexibility index (Phi) is 6.86. The van der Waals surface area contributed by atoms with Gasteiger partial charge in [0.15, 0.2) is 0 Å². The number of rotatable bonds is 6. The fourth-order valence-corrected chi connectivity index (χ4v) is 4.09. The van der Waals surface area contributed by atoms with E-state index in [4.69, 9.17) is 0 Å². The van der Waals surface area contributed by atoms with E-state index in [0.717, 1.165) is 44.2 Å². The van der Waals surface area contributed by atoms with Crippen LogP contribution in [-0.4, -0.2) is 40.2 Å². The van der Waals surface area contributed by atoms with E-state index < -0.39 is 10.8 Å². The molecule has 1 N–H and O–H groups in total. The Labute approximate surface area is 139 Å². The third-order valence-electron chi connectivity index (χ3n) is 3.66. The first-order chi connectivity index (χ1) is 10.0. The number of nitrogens with one attached hydrogen (secondary N) is 1. The van der Waals surface area contributed by atoms with Crippen LogP contribution in [-0.2, 0) is 23.9 Å². The molecule has 0 radical (unpaired) electrons. The van der Waals surface area contributed by atoms with E-state index >= 15 is 0 Å². The highest BCUT2D eigenvalue weighted by atomic mass is 79.9. The molecule has 0 unspecified atom stereocenters. The van der Waals surface area contributed by atoms with Gasteiger partial charge >= 0.3 is 0 Å². The lowest BCUT2D eigenvalue weighted by molar-refractivity contribution is 0.291. The monoisotopic (exact) mass is 372 g/mol. The van der Waals surface area contributed by atoms with Crippen LogP contribution in [0.5, 0.6) is 0 Å². The quantitative estimate of drug-likeness (QED) is 0.832. The van der Waals surface area contributed by atoms with Crippen LogP contribution in [0.4, 0.5) is 0 Å². The fraction of sp³-hybridized carbons (Fsp3) is 0.625. The molecule has 0 bridgehead atoms. The Balaban J connectivity index is 1.88. The Morgan fingerprint density at radius 1 is 1.33 bits per heavy atom. The van der Waals surface area contributed by atoms with E-state index in [-0.39, 0.29) is 0 Å². The molecule has 1 aliphatic heterocycles. The van der Waals surface area contributed by atoms with Crippen molar-refractivity contribution in [3.63, 3.8) is 0 Å². The maximum absolute atomic E-state index is 11.4. The van der Waals surface area contributed by atoms with E-state index in [1.54, 1.807) is 0 Å². The first kappa shape index (κ1) is 17.1. The van der Waals surface area contributed by atoms with Crippen LogP contribution in [0.15, 0.2) is 22.7 Å². The zero-order valence-electron chi connectivity index (χ0n) is 12.9. The Bertz CT molecular complexity index is 483. The van der Waals surface area contributed by atoms with E-state index in [9.17, 15) is 4.21 Å². The van der Waals surface area contributed by atoms with Gasteiger partial charge in [0.05, 0.1) is 0 Å². The number of nitrogens with zero attached hydrogens (tertiary/aromatic N) is 1. The van der Waals surface area contributed by atoms with Gasteiger partial charge in [-0.1, -0.05) is 41.9 Å². The molecule has 0 aliphatic carbocycles. The Morgan fingerprint density at radius 2 is 2.05 bits per heavy atom. The molecule has 2 rings (SSSR count). The Hall–Kier alpha value is -0.230. The van der Waals surface area contributed by atoms with Gasteiger partial charge in [-0.15, -0.1) is 0 Å². The average Bonchev–Trinajstić information content (AvgIpc) is 2.44. The molecule has 1 aliphatic rings. The second-order valence-electron chi connectivity index (χ2n) is 6.07. The number of halogens is 1. The number of hydrogen-bond donors (Lipinski definition) is 1. The fourth-order valence-electron chi connectivity index (χ4n) is 2.41. The molecular formula is C16H25BrN2OS. The lowest BCUT2D eigenvalue weighted by atomic mass is 10.1. The summed E-state index contributed by atoms with van der Waals surface area (Å²) in [5, 5.41) is 3.47. The predicted molar refractivity (Wildman–Crippen MR) is 93.8 cm³/mol. The molecule has 21 heavy (non-hydrogen) atoms. The van der Waals surface area contributed by atoms with Crippen molar-refractivity contribution in [2.75, 3.05) is 31.1 Å². The van der Waals surface area contributed by atoms with Gasteiger partial charge in [-0.2, -0.15) is 0 Å². The first-order valence-electron chi connectivity index (χ1n) is 7.60. The van der Waals surface area contributed by atoms with Crippen LogP contribution in [0.2, 0.25) is 0 Å². The minimum atomic E-state index is -0.597. The summed E-state index contributed by atoms with van der Waals surface area (Å²) >= 11 is 3.69. The van der Waals surface area contributed by atoms with Crippen LogP contribution < -0.4 is 5.32 Å². The zero-order chi connectivity index (χ0) is 15.2. The van der Waals surface area contributed by atoms with E-state index in [1.807, 2.05) is 0 Å². The molecule has 118 valence electrons. The van der Waals surface area contributed by atoms with Crippen molar-refractivity contribution in [3.8, 4) is 0 Å². The van der Waals surface area contributed by atoms with Crippen LogP contribution in [0.3, 0.4) is 0 Å². The summed E-state index contributed by atoms with van der Waals surface area (Å²) in [6, 6.07) is 6.63. The first-order valence-corrected chi connectivity index (χ1v) is 9.88. The maximum atomic E-state index is 11.4. The van der Waals surface area contributed by atoms with Crippen LogP contribution in [0.1, 0.15) is 25.0 Å². The Morgan fingerprint density at radius 3 is 2.67 bits per heavy atom. The van der Waals surface area contributed by atoms with Gasteiger partial charge in [0.25, 0.3) is 0 Å². The molecule has 0 saturated carbocycles. The van der Waals surface area contributed by atoms with Gasteiger partial charge in [-0.3, -0.25) is 9.11 Å². The van der Waals surface area contributed by atoms with Crippen molar-refractivity contribution in [1.29, 1.82) is 0 Å². The van der Waals surface area contributed by atoms with Crippen LogP contribution in [0.25, 0.3) is 0 Å². The molecule has 0 aromatic heterocycles. The van der Waals surface area contributed by atoms with Crippen LogP contribution >= 0.6 is 15.9 Å². The second-order valence-corrected chi connectivity index (χ2v) is 8.63. The van der Waals surface area contributed by atoms with Gasteiger partial charge in [-0.25, -0.2) is 0 Å². The van der Waals surface area contributed by atoms with Gasteiger partial charge < -0.3 is 5.32 Å². The van der Waals surface area contributed by atoms with Crippen LogP contribution in [0, 0.1) is 5.92 Å². The lowest BCUT2D eigenvalue weighted by Gasteiger charge is -2.26. The minimum absolute atomic E-state index is 0.597. The highest BCUT2D eigenvalue weighted by molar-refractivity contribution is 9.10. The van der Waals surface area contributed by atoms with Crippen molar-refractivity contribution in [3.05, 3.63) is 33.8 Å². The largest absolute Gasteiger partial charge is 0.312 e. The second kappa shape index (κ2) is 8.42. The summed E-state index contributed by atoms with van der Waals surface area (Å²) in [7, 11) is -0.597. The summed E-state index contributed by atoms with van der Waals surface area (Å²) in [5.74, 6) is 2.31. The van der Waals surface area contributed by atoms with Gasteiger partial charge in [0, 0.05) is 53.0 Å². The van der Waals surface area contributed by atoms with Crippen molar-refractivity contribution in [2.24, 2.45) is 5.92 Å².